The maximum absolute atomic E-state index is 12.3. The number of nitrogens with zero attached hydrogens (tertiary/aromatic N) is 2. The van der Waals surface area contributed by atoms with E-state index < -0.39 is 5.91 Å². The van der Waals surface area contributed by atoms with Crippen molar-refractivity contribution in [2.75, 3.05) is 7.11 Å². The number of aromatic amines is 1. The molecule has 0 saturated carbocycles. The highest BCUT2D eigenvalue weighted by Gasteiger charge is 2.13. The van der Waals surface area contributed by atoms with E-state index in [2.05, 4.69) is 26.0 Å². The van der Waals surface area contributed by atoms with Crippen LogP contribution in [0.2, 0.25) is 0 Å². The zero-order valence-corrected chi connectivity index (χ0v) is 18.1. The van der Waals surface area contributed by atoms with Crippen molar-refractivity contribution in [3.8, 4) is 17.0 Å². The normalized spacial score (nSPS) is 10.5. The van der Waals surface area contributed by atoms with Gasteiger partial charge in [0.1, 0.15) is 11.4 Å². The number of nitrogens with one attached hydrogen (secondary N) is 3. The molecule has 0 radical (unpaired) electrons. The molecule has 0 saturated heterocycles. The molecule has 0 aliphatic carbocycles. The standard InChI is InChI=1S/C23H21N5O3S/c1-31-18-9-7-16(8-10-18)19-13-20(26-25-19)23(30)28-27-21(29)12-17-14-32-22(24-17)11-15-5-3-2-4-6-15/h2-10,13-14H,11-12H2,1H3,(H,25,26)(H,27,29)(H,28,30). The van der Waals surface area contributed by atoms with Crippen molar-refractivity contribution < 1.29 is 14.3 Å². The van der Waals surface area contributed by atoms with Gasteiger partial charge in [-0.25, -0.2) is 4.98 Å². The van der Waals surface area contributed by atoms with Crippen LogP contribution in [0, 0.1) is 0 Å². The first-order valence-electron chi connectivity index (χ1n) is 9.87. The van der Waals surface area contributed by atoms with Gasteiger partial charge in [0.2, 0.25) is 5.91 Å². The van der Waals surface area contributed by atoms with E-state index >= 15 is 0 Å². The first-order chi connectivity index (χ1) is 15.6. The number of H-pyrrole nitrogens is 1. The van der Waals surface area contributed by atoms with Crippen LogP contribution in [0.5, 0.6) is 5.75 Å². The van der Waals surface area contributed by atoms with Crippen molar-refractivity contribution >= 4 is 23.2 Å². The number of rotatable bonds is 7. The maximum Gasteiger partial charge on any atom is 0.287 e. The maximum atomic E-state index is 12.3. The molecule has 0 atom stereocenters. The summed E-state index contributed by atoms with van der Waals surface area (Å²) >= 11 is 1.51. The van der Waals surface area contributed by atoms with E-state index in [0.717, 1.165) is 22.7 Å². The molecule has 0 unspecified atom stereocenters. The lowest BCUT2D eigenvalue weighted by atomic mass is 10.1. The van der Waals surface area contributed by atoms with E-state index in [-0.39, 0.29) is 18.0 Å². The van der Waals surface area contributed by atoms with Crippen molar-refractivity contribution in [1.82, 2.24) is 26.0 Å². The third-order valence-corrected chi connectivity index (χ3v) is 5.56. The van der Waals surface area contributed by atoms with Gasteiger partial charge in [0.25, 0.3) is 5.91 Å². The largest absolute Gasteiger partial charge is 0.497 e. The fourth-order valence-electron chi connectivity index (χ4n) is 3.03. The highest BCUT2D eigenvalue weighted by Crippen LogP contribution is 2.21. The molecule has 0 bridgehead atoms. The van der Waals surface area contributed by atoms with E-state index in [1.807, 2.05) is 60.0 Å². The van der Waals surface area contributed by atoms with Crippen molar-refractivity contribution in [1.29, 1.82) is 0 Å². The second-order valence-corrected chi connectivity index (χ2v) is 7.91. The molecule has 8 nitrogen and oxygen atoms in total. The number of amides is 2. The Hall–Kier alpha value is -3.98. The summed E-state index contributed by atoms with van der Waals surface area (Å²) in [6, 6.07) is 19.0. The molecule has 162 valence electrons. The Morgan fingerprint density at radius 2 is 1.84 bits per heavy atom. The molecule has 4 aromatic rings. The smallest absolute Gasteiger partial charge is 0.287 e. The number of carbonyl (C=O) groups is 2. The van der Waals surface area contributed by atoms with Gasteiger partial charge in [-0.05, 0) is 35.9 Å². The summed E-state index contributed by atoms with van der Waals surface area (Å²) in [5.74, 6) is -0.115. The highest BCUT2D eigenvalue weighted by molar-refractivity contribution is 7.09. The molecule has 32 heavy (non-hydrogen) atoms. The lowest BCUT2D eigenvalue weighted by molar-refractivity contribution is -0.121. The fraction of sp³-hybridized carbons (Fsp3) is 0.130. The Kier molecular flexibility index (Phi) is 6.57. The number of hydrogen-bond donors (Lipinski definition) is 3. The summed E-state index contributed by atoms with van der Waals surface area (Å²) in [5.41, 5.74) is 8.31. The van der Waals surface area contributed by atoms with Crippen LogP contribution in [0.25, 0.3) is 11.3 Å². The summed E-state index contributed by atoms with van der Waals surface area (Å²) in [6.07, 6.45) is 0.797. The predicted molar refractivity (Wildman–Crippen MR) is 121 cm³/mol. The quantitative estimate of drug-likeness (QED) is 0.377. The van der Waals surface area contributed by atoms with Gasteiger partial charge in [0.05, 0.1) is 29.9 Å². The van der Waals surface area contributed by atoms with Crippen molar-refractivity contribution in [2.24, 2.45) is 0 Å². The van der Waals surface area contributed by atoms with E-state index in [0.29, 0.717) is 11.4 Å². The molecular weight excluding hydrogens is 426 g/mol. The van der Waals surface area contributed by atoms with Gasteiger partial charge >= 0.3 is 0 Å². The Labute approximate surface area is 188 Å². The molecule has 0 spiro atoms. The van der Waals surface area contributed by atoms with Crippen LogP contribution < -0.4 is 15.6 Å². The summed E-state index contributed by atoms with van der Waals surface area (Å²) < 4.78 is 5.14. The summed E-state index contributed by atoms with van der Waals surface area (Å²) in [4.78, 5) is 29.0. The molecule has 2 aromatic carbocycles. The van der Waals surface area contributed by atoms with Crippen LogP contribution in [0.4, 0.5) is 0 Å². The second-order valence-electron chi connectivity index (χ2n) is 6.97. The first kappa shape index (κ1) is 21.3. The van der Waals surface area contributed by atoms with E-state index in [1.165, 1.54) is 16.9 Å². The number of thiazole rings is 1. The molecule has 0 aliphatic rings. The summed E-state index contributed by atoms with van der Waals surface area (Å²) in [6.45, 7) is 0. The minimum Gasteiger partial charge on any atom is -0.497 e. The van der Waals surface area contributed by atoms with Crippen molar-refractivity contribution in [3.63, 3.8) is 0 Å². The van der Waals surface area contributed by atoms with E-state index in [1.54, 1.807) is 13.2 Å². The average molecular weight is 448 g/mol. The average Bonchev–Trinajstić information content (AvgIpc) is 3.48. The topological polar surface area (TPSA) is 109 Å². The van der Waals surface area contributed by atoms with Gasteiger partial charge in [-0.1, -0.05) is 30.3 Å². The lowest BCUT2D eigenvalue weighted by Crippen LogP contribution is -2.42. The van der Waals surface area contributed by atoms with E-state index in [4.69, 9.17) is 4.74 Å². The molecule has 2 aromatic heterocycles. The van der Waals surface area contributed by atoms with Crippen LogP contribution in [-0.4, -0.2) is 34.1 Å². The predicted octanol–water partition coefficient (Wildman–Crippen LogP) is 3.14. The zero-order chi connectivity index (χ0) is 22.3. The fourth-order valence-corrected chi connectivity index (χ4v) is 3.86. The van der Waals surface area contributed by atoms with Gasteiger partial charge < -0.3 is 4.74 Å². The number of aromatic nitrogens is 3. The van der Waals surface area contributed by atoms with Crippen LogP contribution in [0.1, 0.15) is 26.8 Å². The van der Waals surface area contributed by atoms with Gasteiger partial charge in [-0.3, -0.25) is 25.5 Å². The highest BCUT2D eigenvalue weighted by atomic mass is 32.1. The zero-order valence-electron chi connectivity index (χ0n) is 17.3. The molecule has 0 aliphatic heterocycles. The Morgan fingerprint density at radius 3 is 2.59 bits per heavy atom. The monoisotopic (exact) mass is 447 g/mol. The minimum absolute atomic E-state index is 0.0750. The molecular formula is C23H21N5O3S. The number of methoxy groups -OCH3 is 1. The molecule has 3 N–H and O–H groups in total. The van der Waals surface area contributed by atoms with Gasteiger partial charge in [-0.15, -0.1) is 11.3 Å². The number of hydrazine groups is 1. The van der Waals surface area contributed by atoms with Crippen LogP contribution in [-0.2, 0) is 17.6 Å². The number of carbonyl (C=O) groups excluding carboxylic acids is 2. The van der Waals surface area contributed by atoms with E-state index in [9.17, 15) is 9.59 Å². The molecule has 9 heteroatoms. The molecule has 2 amide bonds. The Balaban J connectivity index is 1.28. The Bertz CT molecular complexity index is 1200. The Morgan fingerprint density at radius 1 is 1.06 bits per heavy atom. The van der Waals surface area contributed by atoms with Crippen LogP contribution >= 0.6 is 11.3 Å². The van der Waals surface area contributed by atoms with Crippen molar-refractivity contribution in [2.45, 2.75) is 12.8 Å². The SMILES string of the molecule is COc1ccc(-c2cc(C(=O)NNC(=O)Cc3csc(Cc4ccccc4)n3)[nH]n2)cc1. The number of ether oxygens (including phenoxy) is 1. The van der Waals surface area contributed by atoms with Crippen LogP contribution in [0.3, 0.4) is 0 Å². The van der Waals surface area contributed by atoms with Gasteiger partial charge in [-0.2, -0.15) is 5.10 Å². The van der Waals surface area contributed by atoms with Gasteiger partial charge in [0, 0.05) is 17.4 Å². The number of benzene rings is 2. The molecule has 2 heterocycles. The second kappa shape index (κ2) is 9.88. The number of hydrogen-bond acceptors (Lipinski definition) is 6. The minimum atomic E-state index is -0.492. The molecule has 4 rings (SSSR count). The third kappa shape index (κ3) is 5.38. The van der Waals surface area contributed by atoms with Gasteiger partial charge in [0.15, 0.2) is 0 Å². The van der Waals surface area contributed by atoms with Crippen molar-refractivity contribution in [3.05, 3.63) is 88.0 Å². The third-order valence-electron chi connectivity index (χ3n) is 4.66. The lowest BCUT2D eigenvalue weighted by Gasteiger charge is -2.05. The van der Waals surface area contributed by atoms with Crippen LogP contribution in [0.15, 0.2) is 66.0 Å². The first-order valence-corrected chi connectivity index (χ1v) is 10.7. The summed E-state index contributed by atoms with van der Waals surface area (Å²) in [5, 5.41) is 9.62. The summed E-state index contributed by atoms with van der Waals surface area (Å²) in [7, 11) is 1.60. The molecule has 0 fully saturated rings.